The fraction of sp³-hybridized carbons (Fsp3) is 0.609. The molecule has 1 aromatic heterocycles. The van der Waals surface area contributed by atoms with Crippen LogP contribution in [-0.4, -0.2) is 64.4 Å². The van der Waals surface area contributed by atoms with E-state index in [1.54, 1.807) is 0 Å². The van der Waals surface area contributed by atoms with Crippen molar-refractivity contribution in [1.29, 1.82) is 0 Å². The minimum absolute atomic E-state index is 0.0560. The van der Waals surface area contributed by atoms with Gasteiger partial charge in [0, 0.05) is 19.0 Å². The van der Waals surface area contributed by atoms with Gasteiger partial charge in [0.1, 0.15) is 5.82 Å². The molecule has 2 aromatic rings. The number of esters is 1. The van der Waals surface area contributed by atoms with Crippen LogP contribution in [0.4, 0.5) is 0 Å². The van der Waals surface area contributed by atoms with Gasteiger partial charge in [0.25, 0.3) is 0 Å². The van der Waals surface area contributed by atoms with Crippen molar-refractivity contribution in [1.82, 2.24) is 19.8 Å². The van der Waals surface area contributed by atoms with E-state index in [1.165, 1.54) is 5.56 Å². The van der Waals surface area contributed by atoms with E-state index in [0.29, 0.717) is 13.2 Å². The third kappa shape index (κ3) is 4.67. The number of nitrogens with one attached hydrogen (secondary N) is 1. The first kappa shape index (κ1) is 20.8. The van der Waals surface area contributed by atoms with Gasteiger partial charge >= 0.3 is 5.97 Å². The van der Waals surface area contributed by atoms with Crippen molar-refractivity contribution in [2.75, 3.05) is 32.8 Å². The normalized spacial score (nSPS) is 21.1. The highest BCUT2D eigenvalue weighted by atomic mass is 16.5. The van der Waals surface area contributed by atoms with E-state index in [1.807, 2.05) is 11.8 Å². The first-order valence-electron chi connectivity index (χ1n) is 11.2. The Labute approximate surface area is 177 Å². The van der Waals surface area contributed by atoms with Crippen molar-refractivity contribution in [3.8, 4) is 0 Å². The Kier molecular flexibility index (Phi) is 6.37. The lowest BCUT2D eigenvalue weighted by molar-refractivity contribution is -0.152. The van der Waals surface area contributed by atoms with Gasteiger partial charge in [0.15, 0.2) is 0 Å². The number of piperidine rings is 2. The molecule has 0 saturated carbocycles. The maximum absolute atomic E-state index is 13.0. The van der Waals surface area contributed by atoms with Crippen molar-refractivity contribution in [2.24, 2.45) is 11.8 Å². The van der Waals surface area contributed by atoms with Gasteiger partial charge in [-0.2, -0.15) is 0 Å². The second-order valence-corrected chi connectivity index (χ2v) is 8.63. The van der Waals surface area contributed by atoms with Crippen LogP contribution in [0, 0.1) is 18.8 Å². The number of nitrogens with zero attached hydrogens (tertiary/aromatic N) is 3. The highest BCUT2D eigenvalue weighted by Crippen LogP contribution is 2.25. The van der Waals surface area contributed by atoms with Crippen LogP contribution in [-0.2, 0) is 20.9 Å². The molecule has 2 saturated heterocycles. The summed E-state index contributed by atoms with van der Waals surface area (Å²) in [5, 5.41) is 0. The summed E-state index contributed by atoms with van der Waals surface area (Å²) in [7, 11) is 0. The monoisotopic (exact) mass is 412 g/mol. The Morgan fingerprint density at radius 2 is 1.97 bits per heavy atom. The number of hydrogen-bond donors (Lipinski definition) is 1. The molecular weight excluding hydrogens is 380 g/mol. The number of carbonyl (C=O) groups is 2. The van der Waals surface area contributed by atoms with Gasteiger partial charge in [-0.05, 0) is 70.3 Å². The zero-order chi connectivity index (χ0) is 21.1. The maximum atomic E-state index is 13.0. The molecule has 0 bridgehead atoms. The van der Waals surface area contributed by atoms with Crippen LogP contribution in [0.25, 0.3) is 11.0 Å². The summed E-state index contributed by atoms with van der Waals surface area (Å²) in [6.45, 7) is 8.13. The standard InChI is InChI=1S/C23H32N4O3/c1-3-30-23(29)18-5-4-10-27(14-18)22(28)17-8-11-26(12-9-17)15-21-24-19-7-6-16(2)13-20(19)25-21/h6-7,13,17-18H,3-5,8-12,14-15H2,1-2H3,(H,24,25). The fourth-order valence-corrected chi connectivity index (χ4v) is 4.69. The van der Waals surface area contributed by atoms with E-state index in [0.717, 1.165) is 68.7 Å². The molecule has 1 N–H and O–H groups in total. The first-order chi connectivity index (χ1) is 14.5. The molecule has 7 heteroatoms. The number of fused-ring (bicyclic) bond motifs is 1. The third-order valence-electron chi connectivity index (χ3n) is 6.35. The minimum atomic E-state index is -0.167. The van der Waals surface area contributed by atoms with Gasteiger partial charge < -0.3 is 14.6 Å². The average molecular weight is 413 g/mol. The first-order valence-corrected chi connectivity index (χ1v) is 11.2. The minimum Gasteiger partial charge on any atom is -0.466 e. The van der Waals surface area contributed by atoms with Crippen LogP contribution in [0.15, 0.2) is 18.2 Å². The van der Waals surface area contributed by atoms with Gasteiger partial charge in [0.05, 0.1) is 30.1 Å². The predicted octanol–water partition coefficient (Wildman–Crippen LogP) is 2.89. The Morgan fingerprint density at radius 3 is 2.73 bits per heavy atom. The molecule has 2 aliphatic heterocycles. The van der Waals surface area contributed by atoms with Crippen LogP contribution in [0.1, 0.15) is 44.0 Å². The molecule has 2 fully saturated rings. The highest BCUT2D eigenvalue weighted by Gasteiger charge is 2.34. The number of H-pyrrole nitrogens is 1. The molecule has 0 aliphatic carbocycles. The van der Waals surface area contributed by atoms with Gasteiger partial charge in [0.2, 0.25) is 5.91 Å². The van der Waals surface area contributed by atoms with Crippen LogP contribution >= 0.6 is 0 Å². The highest BCUT2D eigenvalue weighted by molar-refractivity contribution is 5.80. The Bertz CT molecular complexity index is 901. The summed E-state index contributed by atoms with van der Waals surface area (Å²) in [5.74, 6) is 0.919. The second-order valence-electron chi connectivity index (χ2n) is 8.63. The van der Waals surface area contributed by atoms with Gasteiger partial charge in [-0.15, -0.1) is 0 Å². The van der Waals surface area contributed by atoms with E-state index in [4.69, 9.17) is 9.72 Å². The van der Waals surface area contributed by atoms with Crippen LogP contribution in [0.3, 0.4) is 0 Å². The SMILES string of the molecule is CCOC(=O)C1CCCN(C(=O)C2CCN(Cc3nc4ccc(C)cc4[nH]3)CC2)C1. The number of ether oxygens (including phenoxy) is 1. The Morgan fingerprint density at radius 1 is 1.17 bits per heavy atom. The number of aryl methyl sites for hydroxylation is 1. The summed E-state index contributed by atoms with van der Waals surface area (Å²) in [4.78, 5) is 37.5. The van der Waals surface area contributed by atoms with E-state index < -0.39 is 0 Å². The van der Waals surface area contributed by atoms with E-state index in [2.05, 4.69) is 35.0 Å². The molecule has 3 heterocycles. The zero-order valence-electron chi connectivity index (χ0n) is 18.0. The van der Waals surface area contributed by atoms with Crippen molar-refractivity contribution in [3.63, 3.8) is 0 Å². The number of rotatable bonds is 5. The summed E-state index contributed by atoms with van der Waals surface area (Å²) in [5.41, 5.74) is 3.30. The van der Waals surface area contributed by atoms with Crippen molar-refractivity contribution >= 4 is 22.9 Å². The lowest BCUT2D eigenvalue weighted by atomic mass is 9.92. The van der Waals surface area contributed by atoms with Crippen LogP contribution < -0.4 is 0 Å². The molecule has 1 unspecified atom stereocenters. The topological polar surface area (TPSA) is 78.5 Å². The molecule has 1 atom stereocenters. The Hall–Kier alpha value is -2.41. The van der Waals surface area contributed by atoms with Gasteiger partial charge in [-0.1, -0.05) is 6.07 Å². The lowest BCUT2D eigenvalue weighted by Gasteiger charge is -2.37. The summed E-state index contributed by atoms with van der Waals surface area (Å²) in [6.07, 6.45) is 3.41. The van der Waals surface area contributed by atoms with Crippen molar-refractivity contribution in [2.45, 2.75) is 46.1 Å². The van der Waals surface area contributed by atoms with Crippen LogP contribution in [0.2, 0.25) is 0 Å². The molecule has 1 aromatic carbocycles. The van der Waals surface area contributed by atoms with E-state index in [9.17, 15) is 9.59 Å². The quantitative estimate of drug-likeness (QED) is 0.764. The lowest BCUT2D eigenvalue weighted by Crippen LogP contribution is -2.47. The maximum Gasteiger partial charge on any atom is 0.310 e. The molecule has 30 heavy (non-hydrogen) atoms. The molecule has 162 valence electrons. The number of likely N-dealkylation sites (tertiary alicyclic amines) is 2. The van der Waals surface area contributed by atoms with Crippen LogP contribution in [0.5, 0.6) is 0 Å². The number of amides is 1. The van der Waals surface area contributed by atoms with Crippen molar-refractivity contribution in [3.05, 3.63) is 29.6 Å². The van der Waals surface area contributed by atoms with Gasteiger partial charge in [-0.25, -0.2) is 4.98 Å². The number of carbonyl (C=O) groups excluding carboxylic acids is 2. The largest absolute Gasteiger partial charge is 0.466 e. The molecule has 7 nitrogen and oxygen atoms in total. The molecule has 0 radical (unpaired) electrons. The molecule has 2 aliphatic rings. The number of aromatic nitrogens is 2. The number of benzene rings is 1. The molecule has 1 amide bonds. The number of hydrogen-bond acceptors (Lipinski definition) is 5. The zero-order valence-corrected chi connectivity index (χ0v) is 18.0. The molecular formula is C23H32N4O3. The molecule has 4 rings (SSSR count). The van der Waals surface area contributed by atoms with Crippen molar-refractivity contribution < 1.29 is 14.3 Å². The third-order valence-corrected chi connectivity index (χ3v) is 6.35. The fourth-order valence-electron chi connectivity index (χ4n) is 4.69. The number of imidazole rings is 1. The predicted molar refractivity (Wildman–Crippen MR) is 115 cm³/mol. The average Bonchev–Trinajstić information content (AvgIpc) is 3.15. The number of aromatic amines is 1. The summed E-state index contributed by atoms with van der Waals surface area (Å²) in [6, 6.07) is 6.26. The summed E-state index contributed by atoms with van der Waals surface area (Å²) >= 11 is 0. The smallest absolute Gasteiger partial charge is 0.310 e. The summed E-state index contributed by atoms with van der Waals surface area (Å²) < 4.78 is 5.16. The Balaban J connectivity index is 1.29. The van der Waals surface area contributed by atoms with Gasteiger partial charge in [-0.3, -0.25) is 14.5 Å². The van der Waals surface area contributed by atoms with E-state index in [-0.39, 0.29) is 23.7 Å². The second kappa shape index (κ2) is 9.16. The molecule has 0 spiro atoms. The van der Waals surface area contributed by atoms with E-state index >= 15 is 0 Å².